The highest BCUT2D eigenvalue weighted by Crippen LogP contribution is 2.30. The summed E-state index contributed by atoms with van der Waals surface area (Å²) in [4.78, 5) is 12.2. The van der Waals surface area contributed by atoms with Crippen molar-refractivity contribution in [1.29, 1.82) is 0 Å². The molecule has 2 aromatic rings. The van der Waals surface area contributed by atoms with Crippen LogP contribution in [0.5, 0.6) is 17.2 Å². The molecule has 0 aliphatic rings. The molecule has 7 heteroatoms. The van der Waals surface area contributed by atoms with Crippen molar-refractivity contribution >= 4 is 27.5 Å². The lowest BCUT2D eigenvalue weighted by Gasteiger charge is -2.14. The predicted molar refractivity (Wildman–Crippen MR) is 97.0 cm³/mol. The van der Waals surface area contributed by atoms with Gasteiger partial charge in [-0.05, 0) is 60.1 Å². The van der Waals surface area contributed by atoms with Crippen molar-refractivity contribution < 1.29 is 23.4 Å². The number of rotatable bonds is 8. The summed E-state index contributed by atoms with van der Waals surface area (Å²) in [6.07, 6.45) is 0. The first-order valence-corrected chi connectivity index (χ1v) is 8.60. The molecule has 0 aliphatic heterocycles. The lowest BCUT2D eigenvalue weighted by molar-refractivity contribution is -0.118. The fraction of sp³-hybridized carbons (Fsp3) is 0.278. The Morgan fingerprint density at radius 1 is 1.04 bits per heavy atom. The number of ether oxygens (including phenoxy) is 3. The van der Waals surface area contributed by atoms with Crippen LogP contribution in [0, 0.1) is 5.82 Å². The Morgan fingerprint density at radius 2 is 1.76 bits per heavy atom. The van der Waals surface area contributed by atoms with Crippen molar-refractivity contribution in [3.63, 3.8) is 0 Å². The molecule has 0 heterocycles. The number of benzene rings is 2. The molecule has 0 aliphatic carbocycles. The van der Waals surface area contributed by atoms with E-state index in [0.717, 1.165) is 0 Å². The number of hydrogen-bond acceptors (Lipinski definition) is 4. The Balaban J connectivity index is 2.04. The second kappa shape index (κ2) is 9.27. The van der Waals surface area contributed by atoms with Crippen molar-refractivity contribution in [3.05, 3.63) is 46.7 Å². The van der Waals surface area contributed by atoms with Gasteiger partial charge in [0.05, 0.1) is 23.4 Å². The van der Waals surface area contributed by atoms with Gasteiger partial charge in [-0.1, -0.05) is 0 Å². The molecule has 0 spiro atoms. The van der Waals surface area contributed by atoms with Crippen LogP contribution in [0.15, 0.2) is 40.9 Å². The summed E-state index contributed by atoms with van der Waals surface area (Å²) in [5.41, 5.74) is 0.500. The minimum absolute atomic E-state index is 0.228. The zero-order chi connectivity index (χ0) is 18.2. The number of halogens is 2. The lowest BCUT2D eigenvalue weighted by Crippen LogP contribution is -2.20. The third-order valence-electron chi connectivity index (χ3n) is 3.09. The molecule has 2 rings (SSSR count). The van der Waals surface area contributed by atoms with Gasteiger partial charge in [0.1, 0.15) is 23.1 Å². The van der Waals surface area contributed by atoms with Gasteiger partial charge in [0.25, 0.3) is 5.91 Å². The summed E-state index contributed by atoms with van der Waals surface area (Å²) in [6.45, 7) is 4.49. The Bertz CT molecular complexity index is 739. The molecule has 0 atom stereocenters. The Morgan fingerprint density at radius 3 is 2.44 bits per heavy atom. The van der Waals surface area contributed by atoms with Crippen LogP contribution in [0.2, 0.25) is 0 Å². The highest BCUT2D eigenvalue weighted by atomic mass is 79.9. The molecule has 0 bridgehead atoms. The van der Waals surface area contributed by atoms with Gasteiger partial charge in [-0.25, -0.2) is 4.39 Å². The smallest absolute Gasteiger partial charge is 0.262 e. The molecule has 1 amide bonds. The van der Waals surface area contributed by atoms with Gasteiger partial charge in [-0.3, -0.25) is 4.79 Å². The highest BCUT2D eigenvalue weighted by Gasteiger charge is 2.11. The second-order valence-electron chi connectivity index (χ2n) is 4.94. The molecule has 1 N–H and O–H groups in total. The van der Waals surface area contributed by atoms with Crippen LogP contribution in [-0.4, -0.2) is 25.7 Å². The summed E-state index contributed by atoms with van der Waals surface area (Å²) in [5, 5.41) is 2.74. The number of nitrogens with one attached hydrogen (secondary N) is 1. The van der Waals surface area contributed by atoms with Gasteiger partial charge in [0, 0.05) is 6.07 Å². The van der Waals surface area contributed by atoms with Crippen LogP contribution in [0.25, 0.3) is 0 Å². The summed E-state index contributed by atoms with van der Waals surface area (Å²) in [5.74, 6) is 0.791. The fourth-order valence-corrected chi connectivity index (χ4v) is 2.53. The molecule has 0 radical (unpaired) electrons. The average Bonchev–Trinajstić information content (AvgIpc) is 2.57. The van der Waals surface area contributed by atoms with Crippen molar-refractivity contribution in [2.24, 2.45) is 0 Å². The van der Waals surface area contributed by atoms with Gasteiger partial charge in [0.15, 0.2) is 6.61 Å². The van der Waals surface area contributed by atoms with E-state index in [-0.39, 0.29) is 12.5 Å². The van der Waals surface area contributed by atoms with Crippen molar-refractivity contribution in [1.82, 2.24) is 0 Å². The number of anilines is 1. The molecule has 0 saturated heterocycles. The first kappa shape index (κ1) is 19.1. The maximum atomic E-state index is 13.1. The van der Waals surface area contributed by atoms with Crippen LogP contribution in [0.1, 0.15) is 13.8 Å². The maximum absolute atomic E-state index is 13.1. The molecule has 25 heavy (non-hydrogen) atoms. The summed E-state index contributed by atoms with van der Waals surface area (Å²) < 4.78 is 29.8. The van der Waals surface area contributed by atoms with Crippen molar-refractivity contribution in [2.75, 3.05) is 25.1 Å². The standard InChI is InChI=1S/C18H19BrFNO4/c1-3-23-13-6-8-17(24-4-2)15(10-13)21-18(22)11-25-16-7-5-12(20)9-14(16)19/h5-10H,3-4,11H2,1-2H3,(H,21,22). The largest absolute Gasteiger partial charge is 0.494 e. The van der Waals surface area contributed by atoms with E-state index in [2.05, 4.69) is 21.2 Å². The average molecular weight is 412 g/mol. The van der Waals surface area contributed by atoms with Gasteiger partial charge >= 0.3 is 0 Å². The van der Waals surface area contributed by atoms with Crippen LogP contribution >= 0.6 is 15.9 Å². The second-order valence-corrected chi connectivity index (χ2v) is 5.79. The first-order chi connectivity index (χ1) is 12.0. The third-order valence-corrected chi connectivity index (χ3v) is 3.71. The third kappa shape index (κ3) is 5.63. The van der Waals surface area contributed by atoms with Gasteiger partial charge in [-0.15, -0.1) is 0 Å². The van der Waals surface area contributed by atoms with Crippen LogP contribution in [0.3, 0.4) is 0 Å². The molecular weight excluding hydrogens is 393 g/mol. The van der Waals surface area contributed by atoms with E-state index in [0.29, 0.717) is 40.6 Å². The van der Waals surface area contributed by atoms with E-state index in [1.807, 2.05) is 13.8 Å². The minimum Gasteiger partial charge on any atom is -0.494 e. The van der Waals surface area contributed by atoms with Crippen LogP contribution < -0.4 is 19.5 Å². The molecular formula is C18H19BrFNO4. The molecule has 134 valence electrons. The van der Waals surface area contributed by atoms with E-state index in [9.17, 15) is 9.18 Å². The normalized spacial score (nSPS) is 10.2. The van der Waals surface area contributed by atoms with E-state index in [4.69, 9.17) is 14.2 Å². The zero-order valence-corrected chi connectivity index (χ0v) is 15.6. The van der Waals surface area contributed by atoms with E-state index < -0.39 is 5.82 Å². The Hall–Kier alpha value is -2.28. The number of hydrogen-bond donors (Lipinski definition) is 1. The van der Waals surface area contributed by atoms with Gasteiger partial charge in [-0.2, -0.15) is 0 Å². The number of carbonyl (C=O) groups is 1. The SMILES string of the molecule is CCOc1ccc(OCC)c(NC(=O)COc2ccc(F)cc2Br)c1. The summed E-state index contributed by atoms with van der Waals surface area (Å²) >= 11 is 3.19. The van der Waals surface area contributed by atoms with Gasteiger partial charge in [0.2, 0.25) is 0 Å². The molecule has 0 aromatic heterocycles. The lowest BCUT2D eigenvalue weighted by atomic mass is 10.2. The Labute approximate surface area is 154 Å². The maximum Gasteiger partial charge on any atom is 0.262 e. The summed E-state index contributed by atoms with van der Waals surface area (Å²) in [6, 6.07) is 9.19. The molecule has 0 saturated carbocycles. The zero-order valence-electron chi connectivity index (χ0n) is 14.0. The quantitative estimate of drug-likeness (QED) is 0.698. The fourth-order valence-electron chi connectivity index (χ4n) is 2.07. The van der Waals surface area contributed by atoms with Crippen LogP contribution in [-0.2, 0) is 4.79 Å². The monoisotopic (exact) mass is 411 g/mol. The van der Waals surface area contributed by atoms with E-state index in [1.54, 1.807) is 18.2 Å². The van der Waals surface area contributed by atoms with E-state index in [1.165, 1.54) is 18.2 Å². The number of carbonyl (C=O) groups excluding carboxylic acids is 1. The van der Waals surface area contributed by atoms with Crippen molar-refractivity contribution in [3.8, 4) is 17.2 Å². The molecule has 2 aromatic carbocycles. The first-order valence-electron chi connectivity index (χ1n) is 7.80. The predicted octanol–water partition coefficient (Wildman–Crippen LogP) is 4.40. The van der Waals surface area contributed by atoms with Crippen molar-refractivity contribution in [2.45, 2.75) is 13.8 Å². The van der Waals surface area contributed by atoms with Crippen LogP contribution in [0.4, 0.5) is 10.1 Å². The molecule has 5 nitrogen and oxygen atoms in total. The topological polar surface area (TPSA) is 56.8 Å². The van der Waals surface area contributed by atoms with E-state index >= 15 is 0 Å². The Kier molecular flexibility index (Phi) is 7.06. The highest BCUT2D eigenvalue weighted by molar-refractivity contribution is 9.10. The molecule has 0 fully saturated rings. The number of amides is 1. The molecule has 0 unspecified atom stereocenters. The summed E-state index contributed by atoms with van der Waals surface area (Å²) in [7, 11) is 0. The van der Waals surface area contributed by atoms with Gasteiger partial charge < -0.3 is 19.5 Å². The minimum atomic E-state index is -0.391.